The Morgan fingerprint density at radius 2 is 2.07 bits per heavy atom. The third kappa shape index (κ3) is 5.32. The molecule has 3 aromatic rings. The molecule has 0 amide bonds. The van der Waals surface area contributed by atoms with E-state index in [4.69, 9.17) is 26.2 Å². The van der Waals surface area contributed by atoms with E-state index in [1.807, 2.05) is 37.3 Å². The Kier molecular flexibility index (Phi) is 6.97. The molecule has 3 rings (SSSR count). The zero-order chi connectivity index (χ0) is 21.5. The minimum absolute atomic E-state index is 0.249. The normalized spacial score (nSPS) is 10.4. The zero-order valence-electron chi connectivity index (χ0n) is 16.9. The van der Waals surface area contributed by atoms with Crippen molar-refractivity contribution in [3.63, 3.8) is 0 Å². The first-order chi connectivity index (χ1) is 14.5. The van der Waals surface area contributed by atoms with Crippen molar-refractivity contribution in [2.45, 2.75) is 20.4 Å². The predicted octanol–water partition coefficient (Wildman–Crippen LogP) is 3.72. The molecular weight excluding hydrogens is 404 g/mol. The van der Waals surface area contributed by atoms with Gasteiger partial charge in [-0.2, -0.15) is 4.98 Å². The highest BCUT2D eigenvalue weighted by Crippen LogP contribution is 2.21. The largest absolute Gasteiger partial charge is 0.497 e. The fraction of sp³-hybridized carbons (Fsp3) is 0.238. The summed E-state index contributed by atoms with van der Waals surface area (Å²) in [5.74, 6) is 1.18. The van der Waals surface area contributed by atoms with Gasteiger partial charge in [-0.25, -0.2) is 4.79 Å². The van der Waals surface area contributed by atoms with Gasteiger partial charge in [0, 0.05) is 11.3 Å². The molecule has 8 nitrogen and oxygen atoms in total. The Hall–Kier alpha value is -3.46. The Bertz CT molecular complexity index is 1050. The van der Waals surface area contributed by atoms with Crippen molar-refractivity contribution in [2.75, 3.05) is 19.0 Å². The maximum atomic E-state index is 11.9. The smallest absolute Gasteiger partial charge is 0.338 e. The van der Waals surface area contributed by atoms with Crippen molar-refractivity contribution in [1.82, 2.24) is 15.5 Å². The molecule has 0 fully saturated rings. The Morgan fingerprint density at radius 3 is 2.83 bits per heavy atom. The molecular formula is C21H22N4O4S. The number of rotatable bonds is 7. The molecule has 0 aliphatic carbocycles. The number of carbonyl (C=O) groups excluding carboxylic acids is 1. The summed E-state index contributed by atoms with van der Waals surface area (Å²) in [5.41, 5.74) is 2.88. The zero-order valence-corrected chi connectivity index (χ0v) is 17.7. The van der Waals surface area contributed by atoms with Crippen LogP contribution in [0, 0.1) is 6.92 Å². The molecule has 0 aliphatic heterocycles. The van der Waals surface area contributed by atoms with Crippen LogP contribution < -0.4 is 15.4 Å². The first kappa shape index (κ1) is 21.3. The summed E-state index contributed by atoms with van der Waals surface area (Å²) in [6.07, 6.45) is 0. The van der Waals surface area contributed by atoms with E-state index in [-0.39, 0.29) is 12.5 Å². The number of aromatic nitrogens is 2. The maximum absolute atomic E-state index is 11.9. The van der Waals surface area contributed by atoms with E-state index >= 15 is 0 Å². The summed E-state index contributed by atoms with van der Waals surface area (Å²) >= 11 is 5.34. The highest BCUT2D eigenvalue weighted by Gasteiger charge is 2.12. The van der Waals surface area contributed by atoms with E-state index in [1.165, 1.54) is 0 Å². The number of benzene rings is 2. The summed E-state index contributed by atoms with van der Waals surface area (Å²) in [6.45, 7) is 4.25. The Morgan fingerprint density at radius 1 is 1.23 bits per heavy atom. The molecule has 156 valence electrons. The number of carbonyl (C=O) groups is 1. The third-order valence-electron chi connectivity index (χ3n) is 4.19. The van der Waals surface area contributed by atoms with Crippen molar-refractivity contribution in [2.24, 2.45) is 0 Å². The highest BCUT2D eigenvalue weighted by molar-refractivity contribution is 7.80. The van der Waals surface area contributed by atoms with Gasteiger partial charge in [0.2, 0.25) is 11.7 Å². The first-order valence-electron chi connectivity index (χ1n) is 9.29. The van der Waals surface area contributed by atoms with Crippen molar-refractivity contribution >= 4 is 29.0 Å². The number of nitrogens with zero attached hydrogens (tertiary/aromatic N) is 2. The Labute approximate surface area is 179 Å². The van der Waals surface area contributed by atoms with E-state index < -0.39 is 0 Å². The topological polar surface area (TPSA) is 98.5 Å². The molecule has 1 aromatic heterocycles. The summed E-state index contributed by atoms with van der Waals surface area (Å²) < 4.78 is 15.5. The van der Waals surface area contributed by atoms with Crippen LogP contribution in [0.1, 0.15) is 28.7 Å². The molecule has 2 N–H and O–H groups in total. The highest BCUT2D eigenvalue weighted by atomic mass is 32.1. The number of hydrogen-bond acceptors (Lipinski definition) is 7. The van der Waals surface area contributed by atoms with Gasteiger partial charge in [-0.3, -0.25) is 0 Å². The molecule has 9 heteroatoms. The van der Waals surface area contributed by atoms with Gasteiger partial charge >= 0.3 is 5.97 Å². The third-order valence-corrected chi connectivity index (χ3v) is 4.44. The second-order valence-electron chi connectivity index (χ2n) is 6.30. The standard InChI is InChI=1S/C21H22N4O4S/c1-4-28-20(26)15-9-8-13(2)17(11-15)23-21(30)22-12-18-24-19(25-29-18)14-6-5-7-16(10-14)27-3/h5-11H,4,12H2,1-3H3,(H2,22,23,30). The van der Waals surface area contributed by atoms with E-state index in [2.05, 4.69) is 20.8 Å². The van der Waals surface area contributed by atoms with Crippen molar-refractivity contribution in [3.05, 3.63) is 59.5 Å². The molecule has 0 bridgehead atoms. The second-order valence-corrected chi connectivity index (χ2v) is 6.71. The van der Waals surface area contributed by atoms with E-state index in [0.29, 0.717) is 40.4 Å². The van der Waals surface area contributed by atoms with Gasteiger partial charge in [0.05, 0.1) is 25.8 Å². The molecule has 0 spiro atoms. The number of thiocarbonyl (C=S) groups is 1. The van der Waals surface area contributed by atoms with Crippen LogP contribution in [0.2, 0.25) is 0 Å². The molecule has 0 radical (unpaired) electrons. The van der Waals surface area contributed by atoms with Crippen molar-refractivity contribution in [3.8, 4) is 17.1 Å². The number of ether oxygens (including phenoxy) is 2. The van der Waals surface area contributed by atoms with Crippen LogP contribution in [0.15, 0.2) is 47.0 Å². The molecule has 0 aliphatic rings. The molecule has 2 aromatic carbocycles. The van der Waals surface area contributed by atoms with Crippen LogP contribution >= 0.6 is 12.2 Å². The van der Waals surface area contributed by atoms with Crippen LogP contribution in [0.25, 0.3) is 11.4 Å². The summed E-state index contributed by atoms with van der Waals surface area (Å²) in [6, 6.07) is 12.6. The number of methoxy groups -OCH3 is 1. The van der Waals surface area contributed by atoms with Crippen LogP contribution in [0.5, 0.6) is 5.75 Å². The molecule has 30 heavy (non-hydrogen) atoms. The first-order valence-corrected chi connectivity index (χ1v) is 9.70. The van der Waals surface area contributed by atoms with Crippen molar-refractivity contribution < 1.29 is 18.8 Å². The lowest BCUT2D eigenvalue weighted by Gasteiger charge is -2.12. The summed E-state index contributed by atoms with van der Waals surface area (Å²) in [4.78, 5) is 16.3. The fourth-order valence-electron chi connectivity index (χ4n) is 2.63. The van der Waals surface area contributed by atoms with Gasteiger partial charge < -0.3 is 24.6 Å². The van der Waals surface area contributed by atoms with Gasteiger partial charge in [0.1, 0.15) is 5.75 Å². The summed E-state index contributed by atoms with van der Waals surface area (Å²) in [5, 5.41) is 10.4. The molecule has 0 atom stereocenters. The van der Waals surface area contributed by atoms with Gasteiger partial charge in [-0.15, -0.1) is 0 Å². The van der Waals surface area contributed by atoms with Crippen molar-refractivity contribution in [1.29, 1.82) is 0 Å². The molecule has 0 unspecified atom stereocenters. The SMILES string of the molecule is CCOC(=O)c1ccc(C)c(NC(=S)NCc2nc(-c3cccc(OC)c3)no2)c1. The van der Waals surface area contributed by atoms with Gasteiger partial charge in [-0.1, -0.05) is 23.4 Å². The van der Waals surface area contributed by atoms with E-state index in [0.717, 1.165) is 11.1 Å². The minimum atomic E-state index is -0.379. The monoisotopic (exact) mass is 426 g/mol. The second kappa shape index (κ2) is 9.84. The van der Waals surface area contributed by atoms with Crippen LogP contribution in [-0.4, -0.2) is 34.9 Å². The fourth-order valence-corrected chi connectivity index (χ4v) is 2.81. The average molecular weight is 426 g/mol. The van der Waals surface area contributed by atoms with Crippen LogP contribution in [0.3, 0.4) is 0 Å². The lowest BCUT2D eigenvalue weighted by molar-refractivity contribution is 0.0526. The number of esters is 1. The number of hydrogen-bond donors (Lipinski definition) is 2. The van der Waals surface area contributed by atoms with Gasteiger partial charge in [0.15, 0.2) is 5.11 Å². The molecule has 0 saturated carbocycles. The average Bonchev–Trinajstić information content (AvgIpc) is 3.23. The van der Waals surface area contributed by atoms with Gasteiger partial charge in [-0.05, 0) is 55.9 Å². The number of anilines is 1. The maximum Gasteiger partial charge on any atom is 0.338 e. The van der Waals surface area contributed by atoms with E-state index in [9.17, 15) is 4.79 Å². The molecule has 1 heterocycles. The van der Waals surface area contributed by atoms with Gasteiger partial charge in [0.25, 0.3) is 0 Å². The predicted molar refractivity (Wildman–Crippen MR) is 116 cm³/mol. The minimum Gasteiger partial charge on any atom is -0.497 e. The lowest BCUT2D eigenvalue weighted by Crippen LogP contribution is -2.28. The number of aryl methyl sites for hydroxylation is 1. The molecule has 0 saturated heterocycles. The van der Waals surface area contributed by atoms with Crippen LogP contribution in [0.4, 0.5) is 5.69 Å². The quantitative estimate of drug-likeness (QED) is 0.433. The lowest BCUT2D eigenvalue weighted by atomic mass is 10.1. The van der Waals surface area contributed by atoms with E-state index in [1.54, 1.807) is 26.2 Å². The Balaban J connectivity index is 1.61. The number of nitrogens with one attached hydrogen (secondary N) is 2. The van der Waals surface area contributed by atoms with Crippen LogP contribution in [-0.2, 0) is 11.3 Å². The summed E-state index contributed by atoms with van der Waals surface area (Å²) in [7, 11) is 1.60.